The molecule has 0 saturated carbocycles. The summed E-state index contributed by atoms with van der Waals surface area (Å²) in [6.45, 7) is 12.5. The predicted molar refractivity (Wildman–Crippen MR) is 97.9 cm³/mol. The van der Waals surface area contributed by atoms with E-state index in [9.17, 15) is 0 Å². The van der Waals surface area contributed by atoms with Crippen LogP contribution in [0.4, 0.5) is 0 Å². The Kier molecular flexibility index (Phi) is 5.37. The fraction of sp³-hybridized carbons (Fsp3) is 1.00. The Morgan fingerprint density at radius 3 is 2.26 bits per heavy atom. The molecule has 0 aliphatic carbocycles. The lowest BCUT2D eigenvalue weighted by molar-refractivity contribution is 0.180. The van der Waals surface area contributed by atoms with E-state index in [1.807, 2.05) is 0 Å². The molecule has 3 unspecified atom stereocenters. The first-order chi connectivity index (χ1) is 10.9. The van der Waals surface area contributed by atoms with Gasteiger partial charge in [0.05, 0.1) is 0 Å². The summed E-state index contributed by atoms with van der Waals surface area (Å²) in [6.07, 6.45) is 5.64. The molecular formula is C19H38N4. The first-order valence-corrected chi connectivity index (χ1v) is 9.75. The maximum Gasteiger partial charge on any atom is 0.0345 e. The molecule has 4 nitrogen and oxygen atoms in total. The quantitative estimate of drug-likeness (QED) is 0.730. The Hall–Kier alpha value is -0.160. The third kappa shape index (κ3) is 3.60. The second kappa shape index (κ2) is 6.99. The van der Waals surface area contributed by atoms with Gasteiger partial charge in [-0.3, -0.25) is 9.80 Å². The summed E-state index contributed by atoms with van der Waals surface area (Å²) in [6, 6.07) is 1.61. The second-order valence-corrected chi connectivity index (χ2v) is 8.88. The number of nitrogens with zero attached hydrogens (tertiary/aromatic N) is 4. The Morgan fingerprint density at radius 1 is 0.957 bits per heavy atom. The number of hydrogen-bond acceptors (Lipinski definition) is 4. The summed E-state index contributed by atoms with van der Waals surface area (Å²) in [5, 5.41) is 0. The van der Waals surface area contributed by atoms with Crippen LogP contribution in [0.15, 0.2) is 0 Å². The molecule has 0 aromatic carbocycles. The van der Waals surface area contributed by atoms with Crippen LogP contribution in [0.3, 0.4) is 0 Å². The van der Waals surface area contributed by atoms with Crippen molar-refractivity contribution < 1.29 is 0 Å². The Balaban J connectivity index is 0.000000136. The Labute approximate surface area is 143 Å². The van der Waals surface area contributed by atoms with Crippen LogP contribution < -0.4 is 0 Å². The van der Waals surface area contributed by atoms with Gasteiger partial charge in [-0.15, -0.1) is 0 Å². The van der Waals surface area contributed by atoms with E-state index in [4.69, 9.17) is 0 Å². The van der Waals surface area contributed by atoms with Gasteiger partial charge < -0.3 is 9.80 Å². The second-order valence-electron chi connectivity index (χ2n) is 8.88. The molecule has 0 N–H and O–H groups in total. The molecule has 0 radical (unpaired) electrons. The van der Waals surface area contributed by atoms with Crippen LogP contribution >= 0.6 is 0 Å². The van der Waals surface area contributed by atoms with E-state index in [0.29, 0.717) is 5.54 Å². The van der Waals surface area contributed by atoms with Gasteiger partial charge in [0.1, 0.15) is 0 Å². The van der Waals surface area contributed by atoms with E-state index < -0.39 is 0 Å². The molecule has 23 heavy (non-hydrogen) atoms. The lowest BCUT2D eigenvalue weighted by Crippen LogP contribution is -2.43. The van der Waals surface area contributed by atoms with Crippen molar-refractivity contribution in [3.8, 4) is 0 Å². The summed E-state index contributed by atoms with van der Waals surface area (Å²) in [5.41, 5.74) is 0.578. The number of hydrogen-bond donors (Lipinski definition) is 0. The average Bonchev–Trinajstić information content (AvgIpc) is 3.22. The summed E-state index contributed by atoms with van der Waals surface area (Å²) in [4.78, 5) is 10.2. The van der Waals surface area contributed by atoms with Gasteiger partial charge in [0, 0.05) is 37.3 Å². The molecule has 4 fully saturated rings. The maximum atomic E-state index is 2.62. The molecular weight excluding hydrogens is 284 g/mol. The van der Waals surface area contributed by atoms with Gasteiger partial charge >= 0.3 is 0 Å². The number of rotatable bonds is 1. The summed E-state index contributed by atoms with van der Waals surface area (Å²) in [5.74, 6) is 0.970. The highest BCUT2D eigenvalue weighted by Crippen LogP contribution is 2.35. The maximum absolute atomic E-state index is 2.62. The molecule has 0 aromatic rings. The highest BCUT2D eigenvalue weighted by Gasteiger charge is 2.42. The molecule has 4 heteroatoms. The molecule has 3 atom stereocenters. The smallest absolute Gasteiger partial charge is 0.0345 e. The monoisotopic (exact) mass is 322 g/mol. The topological polar surface area (TPSA) is 13.0 Å². The zero-order valence-electron chi connectivity index (χ0n) is 16.1. The molecule has 4 aliphatic heterocycles. The van der Waals surface area contributed by atoms with Crippen molar-refractivity contribution in [2.24, 2.45) is 5.92 Å². The van der Waals surface area contributed by atoms with Gasteiger partial charge in [0.25, 0.3) is 0 Å². The lowest BCUT2D eigenvalue weighted by Gasteiger charge is -2.31. The van der Waals surface area contributed by atoms with Crippen molar-refractivity contribution in [2.45, 2.75) is 57.2 Å². The summed E-state index contributed by atoms with van der Waals surface area (Å²) < 4.78 is 0. The molecule has 1 spiro atoms. The van der Waals surface area contributed by atoms with Crippen molar-refractivity contribution in [2.75, 3.05) is 60.4 Å². The molecule has 4 saturated heterocycles. The summed E-state index contributed by atoms with van der Waals surface area (Å²) in [7, 11) is 6.79. The average molecular weight is 323 g/mol. The van der Waals surface area contributed by atoms with E-state index in [-0.39, 0.29) is 0 Å². The van der Waals surface area contributed by atoms with Gasteiger partial charge in [-0.1, -0.05) is 0 Å². The predicted octanol–water partition coefficient (Wildman–Crippen LogP) is 1.82. The minimum atomic E-state index is 0.578. The van der Waals surface area contributed by atoms with Crippen LogP contribution in [0, 0.1) is 5.92 Å². The Morgan fingerprint density at radius 2 is 1.74 bits per heavy atom. The van der Waals surface area contributed by atoms with Crippen molar-refractivity contribution in [1.82, 2.24) is 19.6 Å². The van der Waals surface area contributed by atoms with Gasteiger partial charge in [-0.2, -0.15) is 0 Å². The SMILES string of the molecule is CC(C)N1CC2CCN(C)C2C1.CN1CCC2(CCCN2C)C1. The third-order valence-corrected chi connectivity index (χ3v) is 7.05. The fourth-order valence-electron chi connectivity index (χ4n) is 5.28. The first kappa shape index (κ1) is 17.7. The zero-order valence-corrected chi connectivity index (χ0v) is 16.1. The van der Waals surface area contributed by atoms with Gasteiger partial charge in [-0.05, 0) is 86.2 Å². The first-order valence-electron chi connectivity index (χ1n) is 9.75. The van der Waals surface area contributed by atoms with Crippen molar-refractivity contribution in [1.29, 1.82) is 0 Å². The fourth-order valence-corrected chi connectivity index (χ4v) is 5.28. The zero-order chi connectivity index (χ0) is 16.6. The molecule has 0 bridgehead atoms. The highest BCUT2D eigenvalue weighted by molar-refractivity contribution is 5.00. The highest BCUT2D eigenvalue weighted by atomic mass is 15.3. The largest absolute Gasteiger partial charge is 0.304 e. The summed E-state index contributed by atoms with van der Waals surface area (Å²) >= 11 is 0. The van der Waals surface area contributed by atoms with Crippen LogP contribution in [0.25, 0.3) is 0 Å². The van der Waals surface area contributed by atoms with Crippen molar-refractivity contribution >= 4 is 0 Å². The van der Waals surface area contributed by atoms with Crippen molar-refractivity contribution in [3.05, 3.63) is 0 Å². The molecule has 0 amide bonds. The van der Waals surface area contributed by atoms with Crippen LogP contribution in [-0.2, 0) is 0 Å². The van der Waals surface area contributed by atoms with E-state index in [2.05, 4.69) is 54.6 Å². The molecule has 4 heterocycles. The van der Waals surface area contributed by atoms with Crippen LogP contribution in [0.5, 0.6) is 0 Å². The van der Waals surface area contributed by atoms with E-state index in [0.717, 1.165) is 18.0 Å². The molecule has 0 aromatic heterocycles. The third-order valence-electron chi connectivity index (χ3n) is 7.05. The van der Waals surface area contributed by atoms with E-state index in [1.54, 1.807) is 0 Å². The van der Waals surface area contributed by atoms with Crippen LogP contribution in [-0.4, -0.2) is 97.6 Å². The minimum absolute atomic E-state index is 0.578. The normalized spacial score (nSPS) is 39.4. The number of fused-ring (bicyclic) bond motifs is 1. The van der Waals surface area contributed by atoms with Gasteiger partial charge in [0.2, 0.25) is 0 Å². The molecule has 4 rings (SSSR count). The lowest BCUT2D eigenvalue weighted by atomic mass is 9.96. The van der Waals surface area contributed by atoms with Crippen LogP contribution in [0.1, 0.15) is 39.5 Å². The Bertz CT molecular complexity index is 399. The van der Waals surface area contributed by atoms with Gasteiger partial charge in [-0.25, -0.2) is 0 Å². The van der Waals surface area contributed by atoms with Gasteiger partial charge in [0.15, 0.2) is 0 Å². The number of likely N-dealkylation sites (tertiary alicyclic amines) is 4. The molecule has 4 aliphatic rings. The minimum Gasteiger partial charge on any atom is -0.304 e. The number of likely N-dealkylation sites (N-methyl/N-ethyl adjacent to an activating group) is 3. The van der Waals surface area contributed by atoms with E-state index >= 15 is 0 Å². The standard InChI is InChI=1S/C10H20N2.C9H18N2/c1-8(2)12-6-9-4-5-11(3)10(9)7-12;1-10-7-5-9(8-10)4-3-6-11(9)2/h8-10H,4-7H2,1-3H3;3-8H2,1-2H3. The van der Waals surface area contributed by atoms with Crippen molar-refractivity contribution in [3.63, 3.8) is 0 Å². The van der Waals surface area contributed by atoms with Crippen LogP contribution in [0.2, 0.25) is 0 Å². The van der Waals surface area contributed by atoms with E-state index in [1.165, 1.54) is 65.0 Å². The molecule has 134 valence electrons.